The summed E-state index contributed by atoms with van der Waals surface area (Å²) in [6.45, 7) is 12.7. The zero-order valence-electron chi connectivity index (χ0n) is 9.76. The monoisotopic (exact) mass is 203 g/mol. The summed E-state index contributed by atoms with van der Waals surface area (Å²) >= 11 is 0. The van der Waals surface area contributed by atoms with E-state index in [1.165, 1.54) is 0 Å². The van der Waals surface area contributed by atoms with Crippen LogP contribution in [0.4, 0.5) is 0 Å². The Hall–Kier alpha value is 0.137. The van der Waals surface area contributed by atoms with Crippen molar-refractivity contribution in [1.29, 1.82) is 0 Å². The van der Waals surface area contributed by atoms with E-state index in [0.717, 1.165) is 6.04 Å². The first kappa shape index (κ1) is 13.1. The smallest absolute Gasteiger partial charge is 0.385 e. The van der Waals surface area contributed by atoms with Crippen LogP contribution in [0.25, 0.3) is 0 Å². The van der Waals surface area contributed by atoms with Crippen molar-refractivity contribution in [2.75, 3.05) is 0 Å². The Bertz CT molecular complexity index is 100. The maximum atomic E-state index is 5.75. The molecule has 0 heterocycles. The Morgan fingerprint density at radius 2 is 1.23 bits per heavy atom. The Morgan fingerprint density at radius 3 is 1.46 bits per heavy atom. The highest BCUT2D eigenvalue weighted by Gasteiger charge is 2.20. The van der Waals surface area contributed by atoms with Gasteiger partial charge >= 0.3 is 9.28 Å². The molecular formula is C10H23O2Si. The molecule has 0 spiro atoms. The first-order chi connectivity index (χ1) is 5.91. The van der Waals surface area contributed by atoms with Crippen molar-refractivity contribution in [3.05, 3.63) is 0 Å². The van der Waals surface area contributed by atoms with Crippen LogP contribution in [-0.2, 0) is 8.85 Å². The van der Waals surface area contributed by atoms with Crippen LogP contribution in [0.3, 0.4) is 0 Å². The van der Waals surface area contributed by atoms with Gasteiger partial charge in [-0.15, -0.1) is 0 Å². The molecule has 0 N–H and O–H groups in total. The first-order valence-corrected chi connectivity index (χ1v) is 6.63. The SMILES string of the molecule is CC(C)C[Si](OC(C)C)OC(C)C. The van der Waals surface area contributed by atoms with E-state index < -0.39 is 9.28 Å². The standard InChI is InChI=1S/C10H23O2Si/c1-8(2)7-13(11-9(3)4)12-10(5)6/h8-10H,7H2,1-6H3. The minimum absolute atomic E-state index is 0.284. The fourth-order valence-electron chi connectivity index (χ4n) is 0.983. The third-order valence-electron chi connectivity index (χ3n) is 1.31. The average molecular weight is 203 g/mol. The highest BCUT2D eigenvalue weighted by Crippen LogP contribution is 2.11. The molecule has 0 saturated carbocycles. The van der Waals surface area contributed by atoms with E-state index in [0.29, 0.717) is 5.92 Å². The second-order valence-electron chi connectivity index (χ2n) is 4.30. The van der Waals surface area contributed by atoms with Gasteiger partial charge in [-0.25, -0.2) is 0 Å². The van der Waals surface area contributed by atoms with Gasteiger partial charge in [0.1, 0.15) is 0 Å². The first-order valence-electron chi connectivity index (χ1n) is 5.11. The Kier molecular flexibility index (Phi) is 6.64. The Labute approximate surface area is 84.5 Å². The molecule has 0 bridgehead atoms. The molecule has 0 saturated heterocycles. The minimum atomic E-state index is -1.04. The van der Waals surface area contributed by atoms with Gasteiger partial charge in [0, 0.05) is 12.2 Å². The summed E-state index contributed by atoms with van der Waals surface area (Å²) in [6.07, 6.45) is 0.567. The van der Waals surface area contributed by atoms with E-state index in [4.69, 9.17) is 8.85 Å². The molecule has 0 aromatic rings. The summed E-state index contributed by atoms with van der Waals surface area (Å²) in [7, 11) is -1.04. The van der Waals surface area contributed by atoms with Gasteiger partial charge in [0.25, 0.3) is 0 Å². The summed E-state index contributed by atoms with van der Waals surface area (Å²) in [4.78, 5) is 0. The zero-order valence-corrected chi connectivity index (χ0v) is 10.8. The predicted octanol–water partition coefficient (Wildman–Crippen LogP) is 2.98. The van der Waals surface area contributed by atoms with Crippen molar-refractivity contribution in [3.63, 3.8) is 0 Å². The molecule has 0 aromatic heterocycles. The number of rotatable bonds is 6. The molecule has 0 amide bonds. The maximum Gasteiger partial charge on any atom is 0.385 e. The van der Waals surface area contributed by atoms with E-state index in [1.54, 1.807) is 0 Å². The lowest BCUT2D eigenvalue weighted by molar-refractivity contribution is 0.127. The topological polar surface area (TPSA) is 18.5 Å². The van der Waals surface area contributed by atoms with Gasteiger partial charge in [0.05, 0.1) is 0 Å². The fraction of sp³-hybridized carbons (Fsp3) is 1.00. The molecule has 1 radical (unpaired) electrons. The number of hydrogen-bond donors (Lipinski definition) is 0. The van der Waals surface area contributed by atoms with E-state index in [-0.39, 0.29) is 12.2 Å². The lowest BCUT2D eigenvalue weighted by Gasteiger charge is -2.21. The van der Waals surface area contributed by atoms with Crippen molar-refractivity contribution in [1.82, 2.24) is 0 Å². The van der Waals surface area contributed by atoms with Crippen LogP contribution in [0.5, 0.6) is 0 Å². The third kappa shape index (κ3) is 8.47. The quantitative estimate of drug-likeness (QED) is 0.618. The molecule has 0 unspecified atom stereocenters. The van der Waals surface area contributed by atoms with Crippen molar-refractivity contribution in [2.24, 2.45) is 5.92 Å². The lowest BCUT2D eigenvalue weighted by Crippen LogP contribution is -2.30. The molecule has 13 heavy (non-hydrogen) atoms. The normalized spacial score (nSPS) is 12.5. The van der Waals surface area contributed by atoms with Gasteiger partial charge in [-0.2, -0.15) is 0 Å². The summed E-state index contributed by atoms with van der Waals surface area (Å²) in [5, 5.41) is 0. The highest BCUT2D eigenvalue weighted by atomic mass is 28.3. The molecule has 0 aliphatic carbocycles. The molecule has 0 rings (SSSR count). The van der Waals surface area contributed by atoms with Gasteiger partial charge in [0.2, 0.25) is 0 Å². The Balaban J connectivity index is 3.87. The lowest BCUT2D eigenvalue weighted by atomic mass is 10.3. The number of hydrogen-bond acceptors (Lipinski definition) is 2. The molecule has 0 aliphatic heterocycles. The van der Waals surface area contributed by atoms with Crippen LogP contribution in [0.1, 0.15) is 41.5 Å². The summed E-state index contributed by atoms with van der Waals surface area (Å²) < 4.78 is 11.5. The Morgan fingerprint density at radius 1 is 0.846 bits per heavy atom. The second-order valence-corrected chi connectivity index (χ2v) is 5.93. The minimum Gasteiger partial charge on any atom is -0.391 e. The van der Waals surface area contributed by atoms with Gasteiger partial charge < -0.3 is 8.85 Å². The van der Waals surface area contributed by atoms with Crippen molar-refractivity contribution >= 4 is 9.28 Å². The maximum absolute atomic E-state index is 5.75. The summed E-state index contributed by atoms with van der Waals surface area (Å²) in [6, 6.07) is 1.07. The van der Waals surface area contributed by atoms with Crippen molar-refractivity contribution < 1.29 is 8.85 Å². The van der Waals surface area contributed by atoms with E-state index in [1.807, 2.05) is 0 Å². The van der Waals surface area contributed by atoms with Crippen LogP contribution in [-0.4, -0.2) is 21.5 Å². The van der Waals surface area contributed by atoms with Gasteiger partial charge in [-0.3, -0.25) is 0 Å². The van der Waals surface area contributed by atoms with Gasteiger partial charge in [-0.05, 0) is 39.7 Å². The molecule has 0 aromatic carbocycles. The third-order valence-corrected chi connectivity index (χ3v) is 3.93. The molecule has 0 fully saturated rings. The highest BCUT2D eigenvalue weighted by molar-refractivity contribution is 6.44. The average Bonchev–Trinajstić information content (AvgIpc) is 1.80. The van der Waals surface area contributed by atoms with Crippen LogP contribution in [0, 0.1) is 5.92 Å². The van der Waals surface area contributed by atoms with Crippen molar-refractivity contribution in [3.8, 4) is 0 Å². The second kappa shape index (κ2) is 6.57. The van der Waals surface area contributed by atoms with E-state index >= 15 is 0 Å². The summed E-state index contributed by atoms with van der Waals surface area (Å²) in [5.41, 5.74) is 0. The molecule has 0 aliphatic rings. The van der Waals surface area contributed by atoms with E-state index in [9.17, 15) is 0 Å². The van der Waals surface area contributed by atoms with Gasteiger partial charge in [0.15, 0.2) is 0 Å². The fourth-order valence-corrected chi connectivity index (χ4v) is 2.95. The zero-order chi connectivity index (χ0) is 10.4. The molecule has 2 nitrogen and oxygen atoms in total. The largest absolute Gasteiger partial charge is 0.391 e. The predicted molar refractivity (Wildman–Crippen MR) is 57.8 cm³/mol. The molecule has 0 atom stereocenters. The van der Waals surface area contributed by atoms with E-state index in [2.05, 4.69) is 41.5 Å². The molecule has 3 heteroatoms. The molecule has 79 valence electrons. The molecular weight excluding hydrogens is 180 g/mol. The van der Waals surface area contributed by atoms with Crippen LogP contribution < -0.4 is 0 Å². The summed E-state index contributed by atoms with van der Waals surface area (Å²) in [5.74, 6) is 0.659. The van der Waals surface area contributed by atoms with Gasteiger partial charge in [-0.1, -0.05) is 13.8 Å². The van der Waals surface area contributed by atoms with Crippen LogP contribution in [0.2, 0.25) is 6.04 Å². The van der Waals surface area contributed by atoms with Crippen LogP contribution >= 0.6 is 0 Å². The van der Waals surface area contributed by atoms with Crippen LogP contribution in [0.15, 0.2) is 0 Å². The van der Waals surface area contributed by atoms with Crippen molar-refractivity contribution in [2.45, 2.75) is 59.8 Å².